The van der Waals surface area contributed by atoms with E-state index in [1.54, 1.807) is 0 Å². The van der Waals surface area contributed by atoms with Crippen LogP contribution in [0, 0.1) is 0 Å². The van der Waals surface area contributed by atoms with Crippen molar-refractivity contribution >= 4 is 17.9 Å². The average Bonchev–Trinajstić information content (AvgIpc) is 3.39. The number of hydrogen-bond acceptors (Lipinski definition) is 6. The van der Waals surface area contributed by atoms with E-state index < -0.39 is 6.10 Å². The van der Waals surface area contributed by atoms with Gasteiger partial charge in [-0.15, -0.1) is 0 Å². The molecule has 0 aromatic heterocycles. The summed E-state index contributed by atoms with van der Waals surface area (Å²) >= 11 is 0. The molecule has 0 aromatic carbocycles. The van der Waals surface area contributed by atoms with Crippen molar-refractivity contribution in [2.75, 3.05) is 13.2 Å². The zero-order valence-electron chi connectivity index (χ0n) is 48.4. The second kappa shape index (κ2) is 61.4. The molecule has 0 rings (SSSR count). The molecule has 0 radical (unpaired) electrons. The minimum atomic E-state index is -0.786. The number of unbranched alkanes of at least 4 members (excludes halogenated alkanes) is 34. The first-order valence-electron chi connectivity index (χ1n) is 31.4. The van der Waals surface area contributed by atoms with E-state index in [2.05, 4.69) is 93.7 Å². The van der Waals surface area contributed by atoms with Gasteiger partial charge in [0.1, 0.15) is 13.2 Å². The minimum Gasteiger partial charge on any atom is -0.462 e. The fraction of sp³-hybridized carbons (Fsp3) is 0.776. The van der Waals surface area contributed by atoms with Gasteiger partial charge in [-0.3, -0.25) is 14.4 Å². The molecule has 1 atom stereocenters. The van der Waals surface area contributed by atoms with Crippen LogP contribution < -0.4 is 0 Å². The van der Waals surface area contributed by atoms with E-state index in [-0.39, 0.29) is 31.1 Å². The molecular formula is C67H118O6. The third kappa shape index (κ3) is 59.6. The molecule has 422 valence electrons. The highest BCUT2D eigenvalue weighted by Crippen LogP contribution is 2.17. The van der Waals surface area contributed by atoms with Gasteiger partial charge in [-0.1, -0.05) is 280 Å². The normalized spacial score (nSPS) is 12.5. The van der Waals surface area contributed by atoms with Crippen LogP contribution in [0.25, 0.3) is 0 Å². The lowest BCUT2D eigenvalue weighted by Crippen LogP contribution is -2.30. The summed E-state index contributed by atoms with van der Waals surface area (Å²) in [6, 6.07) is 0. The molecular weight excluding hydrogens is 901 g/mol. The molecule has 6 nitrogen and oxygen atoms in total. The van der Waals surface area contributed by atoms with Gasteiger partial charge in [0.25, 0.3) is 0 Å². The fourth-order valence-corrected chi connectivity index (χ4v) is 9.00. The maximum Gasteiger partial charge on any atom is 0.306 e. The van der Waals surface area contributed by atoms with Crippen LogP contribution in [-0.2, 0) is 28.6 Å². The fourth-order valence-electron chi connectivity index (χ4n) is 9.00. The number of ether oxygens (including phenoxy) is 3. The second-order valence-corrected chi connectivity index (χ2v) is 20.9. The van der Waals surface area contributed by atoms with Gasteiger partial charge in [0, 0.05) is 19.3 Å². The first-order chi connectivity index (χ1) is 36.0. The minimum absolute atomic E-state index is 0.0838. The van der Waals surface area contributed by atoms with Crippen molar-refractivity contribution in [2.24, 2.45) is 0 Å². The van der Waals surface area contributed by atoms with E-state index >= 15 is 0 Å². The lowest BCUT2D eigenvalue weighted by atomic mass is 10.0. The van der Waals surface area contributed by atoms with Gasteiger partial charge in [-0.05, 0) is 89.9 Å². The predicted octanol–water partition coefficient (Wildman–Crippen LogP) is 21.3. The van der Waals surface area contributed by atoms with Crippen LogP contribution in [0.4, 0.5) is 0 Å². The van der Waals surface area contributed by atoms with Crippen molar-refractivity contribution in [1.29, 1.82) is 0 Å². The van der Waals surface area contributed by atoms with Gasteiger partial charge in [0.05, 0.1) is 0 Å². The Bertz CT molecular complexity index is 1360. The van der Waals surface area contributed by atoms with E-state index in [9.17, 15) is 14.4 Å². The molecule has 0 aliphatic carbocycles. The zero-order chi connectivity index (χ0) is 52.9. The summed E-state index contributed by atoms with van der Waals surface area (Å²) in [6.07, 6.45) is 79.4. The molecule has 0 spiro atoms. The van der Waals surface area contributed by atoms with Gasteiger partial charge in [0.15, 0.2) is 6.10 Å². The Morgan fingerprint density at radius 3 is 0.849 bits per heavy atom. The molecule has 0 fully saturated rings. The van der Waals surface area contributed by atoms with Crippen molar-refractivity contribution in [2.45, 2.75) is 322 Å². The third-order valence-electron chi connectivity index (χ3n) is 13.7. The molecule has 0 aliphatic heterocycles. The molecule has 0 saturated heterocycles. The largest absolute Gasteiger partial charge is 0.462 e. The highest BCUT2D eigenvalue weighted by Gasteiger charge is 2.19. The molecule has 0 aliphatic rings. The van der Waals surface area contributed by atoms with Crippen LogP contribution in [-0.4, -0.2) is 37.2 Å². The van der Waals surface area contributed by atoms with E-state index in [0.29, 0.717) is 19.3 Å². The summed E-state index contributed by atoms with van der Waals surface area (Å²) in [5, 5.41) is 0. The zero-order valence-corrected chi connectivity index (χ0v) is 48.4. The van der Waals surface area contributed by atoms with Gasteiger partial charge >= 0.3 is 17.9 Å². The number of carbonyl (C=O) groups excluding carboxylic acids is 3. The Hall–Kier alpha value is -3.15. The molecule has 73 heavy (non-hydrogen) atoms. The Morgan fingerprint density at radius 1 is 0.288 bits per heavy atom. The Labute approximate surface area is 453 Å². The van der Waals surface area contributed by atoms with Gasteiger partial charge in [0.2, 0.25) is 0 Å². The first kappa shape index (κ1) is 69.8. The van der Waals surface area contributed by atoms with Crippen molar-refractivity contribution in [3.63, 3.8) is 0 Å². The van der Waals surface area contributed by atoms with E-state index in [0.717, 1.165) is 96.3 Å². The van der Waals surface area contributed by atoms with Crippen molar-refractivity contribution in [3.8, 4) is 0 Å². The standard InChI is InChI=1S/C67H118O6/c1-4-7-10-13-16-19-21-23-24-25-26-27-28-29-30-31-32-33-34-35-36-37-38-39-40-41-42-44-45-48-51-54-57-60-66(69)72-63-64(62-71-65(68)59-56-53-50-47-18-15-12-9-6-3)73-67(70)61-58-55-52-49-46-43-22-20-17-14-11-8-5-2/h8,11,17,20-21,23,25-26,28-29,43,46,64H,4-7,9-10,12-16,18-19,22,24,27,30-42,44-45,47-63H2,1-3H3/b11-8-,20-17-,23-21-,26-25-,29-28-,46-43-. The van der Waals surface area contributed by atoms with Crippen molar-refractivity contribution in [3.05, 3.63) is 72.9 Å². The molecule has 6 heteroatoms. The van der Waals surface area contributed by atoms with Crippen LogP contribution >= 0.6 is 0 Å². The Morgan fingerprint density at radius 2 is 0.534 bits per heavy atom. The summed E-state index contributed by atoms with van der Waals surface area (Å²) in [6.45, 7) is 6.49. The Kier molecular flexibility index (Phi) is 58.7. The SMILES string of the molecule is CC/C=C\C/C=C\C/C=C\CCCCCC(=O)OC(COC(=O)CCCCCCCCCCC)COC(=O)CCCCCCCCCCCCCCCCCCCC/C=C\C/C=C\C/C=C\CCCCCCC. The van der Waals surface area contributed by atoms with E-state index in [1.165, 1.54) is 180 Å². The molecule has 0 N–H and O–H groups in total. The average molecular weight is 1020 g/mol. The summed E-state index contributed by atoms with van der Waals surface area (Å²) in [4.78, 5) is 38.0. The number of rotatable bonds is 57. The maximum atomic E-state index is 12.8. The molecule has 0 heterocycles. The quantitative estimate of drug-likeness (QED) is 0.0261. The summed E-state index contributed by atoms with van der Waals surface area (Å²) in [7, 11) is 0. The molecule has 0 amide bonds. The maximum absolute atomic E-state index is 12.8. The van der Waals surface area contributed by atoms with E-state index in [4.69, 9.17) is 14.2 Å². The van der Waals surface area contributed by atoms with Crippen LogP contribution in [0.15, 0.2) is 72.9 Å². The topological polar surface area (TPSA) is 78.9 Å². The van der Waals surface area contributed by atoms with Crippen LogP contribution in [0.5, 0.6) is 0 Å². The molecule has 0 aromatic rings. The lowest BCUT2D eigenvalue weighted by Gasteiger charge is -2.18. The van der Waals surface area contributed by atoms with Crippen LogP contribution in [0.1, 0.15) is 316 Å². The Balaban J connectivity index is 4.03. The van der Waals surface area contributed by atoms with Crippen molar-refractivity contribution < 1.29 is 28.6 Å². The molecule has 1 unspecified atom stereocenters. The molecule has 0 saturated carbocycles. The smallest absolute Gasteiger partial charge is 0.306 e. The van der Waals surface area contributed by atoms with Gasteiger partial charge in [-0.25, -0.2) is 0 Å². The van der Waals surface area contributed by atoms with Crippen LogP contribution in [0.3, 0.4) is 0 Å². The monoisotopic (exact) mass is 1020 g/mol. The predicted molar refractivity (Wildman–Crippen MR) is 316 cm³/mol. The third-order valence-corrected chi connectivity index (χ3v) is 13.7. The lowest BCUT2D eigenvalue weighted by molar-refractivity contribution is -0.167. The number of esters is 3. The van der Waals surface area contributed by atoms with Crippen molar-refractivity contribution in [1.82, 2.24) is 0 Å². The number of hydrogen-bond donors (Lipinski definition) is 0. The number of allylic oxidation sites excluding steroid dienone is 12. The summed E-state index contributed by atoms with van der Waals surface area (Å²) < 4.78 is 16.8. The second-order valence-electron chi connectivity index (χ2n) is 20.9. The summed E-state index contributed by atoms with van der Waals surface area (Å²) in [5.74, 6) is -0.906. The van der Waals surface area contributed by atoms with Gasteiger partial charge in [-0.2, -0.15) is 0 Å². The highest BCUT2D eigenvalue weighted by molar-refractivity contribution is 5.71. The highest BCUT2D eigenvalue weighted by atomic mass is 16.6. The first-order valence-corrected chi connectivity index (χ1v) is 31.4. The van der Waals surface area contributed by atoms with Gasteiger partial charge < -0.3 is 14.2 Å². The van der Waals surface area contributed by atoms with Crippen LogP contribution in [0.2, 0.25) is 0 Å². The molecule has 0 bridgehead atoms. The summed E-state index contributed by atoms with van der Waals surface area (Å²) in [5.41, 5.74) is 0. The van der Waals surface area contributed by atoms with E-state index in [1.807, 2.05) is 0 Å². The number of carbonyl (C=O) groups is 3.